The highest BCUT2D eigenvalue weighted by Crippen LogP contribution is 2.31. The molecule has 3 nitrogen and oxygen atoms in total. The molecular formula is C16H22N2O. The Labute approximate surface area is 114 Å². The van der Waals surface area contributed by atoms with Gasteiger partial charge in [0.2, 0.25) is 0 Å². The molecule has 2 aromatic rings. The second kappa shape index (κ2) is 4.89. The lowest BCUT2D eigenvalue weighted by molar-refractivity contribution is 0.415. The Bertz CT molecular complexity index is 586. The molecule has 1 aliphatic rings. The van der Waals surface area contributed by atoms with Gasteiger partial charge in [-0.05, 0) is 43.0 Å². The van der Waals surface area contributed by atoms with Crippen molar-refractivity contribution in [1.82, 2.24) is 10.3 Å². The van der Waals surface area contributed by atoms with E-state index in [1.54, 1.807) is 7.11 Å². The first-order valence-corrected chi connectivity index (χ1v) is 7.11. The third-order valence-electron chi connectivity index (χ3n) is 3.96. The molecule has 2 N–H and O–H groups in total. The van der Waals surface area contributed by atoms with Crippen LogP contribution in [-0.2, 0) is 12.8 Å². The van der Waals surface area contributed by atoms with Crippen LogP contribution in [0.25, 0.3) is 10.9 Å². The second-order valence-corrected chi connectivity index (χ2v) is 5.75. The van der Waals surface area contributed by atoms with Crippen molar-refractivity contribution in [2.45, 2.75) is 45.2 Å². The lowest BCUT2D eigenvalue weighted by Gasteiger charge is -2.25. The van der Waals surface area contributed by atoms with Crippen molar-refractivity contribution in [3.8, 4) is 5.75 Å². The van der Waals surface area contributed by atoms with E-state index in [1.165, 1.54) is 28.6 Å². The summed E-state index contributed by atoms with van der Waals surface area (Å²) in [5, 5.41) is 4.98. The summed E-state index contributed by atoms with van der Waals surface area (Å²) in [6.45, 7) is 4.43. The standard InChI is InChI=1S/C16H22N2O/c1-10(2)17-11-4-6-15-13(8-11)14-9-12(19-3)5-7-16(14)18-15/h5,7,9-11,17-18H,4,6,8H2,1-3H3. The van der Waals surface area contributed by atoms with Crippen LogP contribution in [0, 0.1) is 0 Å². The number of hydrogen-bond acceptors (Lipinski definition) is 2. The molecule has 1 aromatic carbocycles. The predicted octanol–water partition coefficient (Wildman–Crippen LogP) is 3.03. The van der Waals surface area contributed by atoms with Gasteiger partial charge in [-0.25, -0.2) is 0 Å². The number of H-pyrrole nitrogens is 1. The zero-order valence-corrected chi connectivity index (χ0v) is 11.9. The Hall–Kier alpha value is -1.48. The lowest BCUT2D eigenvalue weighted by atomic mass is 9.91. The average molecular weight is 258 g/mol. The minimum atomic E-state index is 0.547. The van der Waals surface area contributed by atoms with Gasteiger partial charge in [0.05, 0.1) is 7.11 Å². The first-order valence-electron chi connectivity index (χ1n) is 7.11. The van der Waals surface area contributed by atoms with Gasteiger partial charge in [-0.15, -0.1) is 0 Å². The van der Waals surface area contributed by atoms with Crippen molar-refractivity contribution in [3.63, 3.8) is 0 Å². The molecule has 1 aliphatic carbocycles. The predicted molar refractivity (Wildman–Crippen MR) is 78.9 cm³/mol. The minimum absolute atomic E-state index is 0.547. The molecule has 102 valence electrons. The van der Waals surface area contributed by atoms with Crippen molar-refractivity contribution in [2.75, 3.05) is 7.11 Å². The van der Waals surface area contributed by atoms with Crippen LogP contribution >= 0.6 is 0 Å². The summed E-state index contributed by atoms with van der Waals surface area (Å²) >= 11 is 0. The van der Waals surface area contributed by atoms with Crippen LogP contribution < -0.4 is 10.1 Å². The fourth-order valence-corrected chi connectivity index (χ4v) is 3.14. The highest BCUT2D eigenvalue weighted by molar-refractivity contribution is 5.86. The third kappa shape index (κ3) is 2.35. The smallest absolute Gasteiger partial charge is 0.119 e. The van der Waals surface area contributed by atoms with E-state index in [2.05, 4.69) is 36.3 Å². The van der Waals surface area contributed by atoms with Crippen LogP contribution in [0.4, 0.5) is 0 Å². The summed E-state index contributed by atoms with van der Waals surface area (Å²) < 4.78 is 5.34. The third-order valence-corrected chi connectivity index (χ3v) is 3.96. The maximum Gasteiger partial charge on any atom is 0.119 e. The van der Waals surface area contributed by atoms with E-state index in [-0.39, 0.29) is 0 Å². The number of fused-ring (bicyclic) bond motifs is 3. The van der Waals surface area contributed by atoms with Gasteiger partial charge in [0.25, 0.3) is 0 Å². The van der Waals surface area contributed by atoms with Crippen molar-refractivity contribution in [3.05, 3.63) is 29.5 Å². The molecule has 0 aliphatic heterocycles. The SMILES string of the molecule is COc1ccc2[nH]c3c(c2c1)CC(NC(C)C)CC3. The molecule has 0 fully saturated rings. The summed E-state index contributed by atoms with van der Waals surface area (Å²) in [4.78, 5) is 3.56. The molecule has 1 unspecified atom stereocenters. The number of ether oxygens (including phenoxy) is 1. The number of aromatic nitrogens is 1. The summed E-state index contributed by atoms with van der Waals surface area (Å²) in [6, 6.07) is 7.44. The van der Waals surface area contributed by atoms with Crippen molar-refractivity contribution in [1.29, 1.82) is 0 Å². The zero-order valence-electron chi connectivity index (χ0n) is 11.9. The van der Waals surface area contributed by atoms with Gasteiger partial charge in [0.15, 0.2) is 0 Å². The lowest BCUT2D eigenvalue weighted by Crippen LogP contribution is -2.38. The fourth-order valence-electron chi connectivity index (χ4n) is 3.14. The number of rotatable bonds is 3. The van der Waals surface area contributed by atoms with Gasteiger partial charge in [0, 0.05) is 28.7 Å². The average Bonchev–Trinajstić information content (AvgIpc) is 2.75. The molecule has 1 atom stereocenters. The summed E-state index contributed by atoms with van der Waals surface area (Å²) in [5.41, 5.74) is 4.11. The van der Waals surface area contributed by atoms with Crippen LogP contribution in [-0.4, -0.2) is 24.2 Å². The van der Waals surface area contributed by atoms with E-state index in [4.69, 9.17) is 4.74 Å². The number of aryl methyl sites for hydroxylation is 1. The number of methoxy groups -OCH3 is 1. The van der Waals surface area contributed by atoms with E-state index in [0.717, 1.165) is 18.6 Å². The molecular weight excluding hydrogens is 236 g/mol. The van der Waals surface area contributed by atoms with E-state index >= 15 is 0 Å². The van der Waals surface area contributed by atoms with E-state index in [1.807, 2.05) is 6.07 Å². The van der Waals surface area contributed by atoms with Gasteiger partial charge >= 0.3 is 0 Å². The second-order valence-electron chi connectivity index (χ2n) is 5.75. The van der Waals surface area contributed by atoms with Crippen molar-refractivity contribution in [2.24, 2.45) is 0 Å². The Morgan fingerprint density at radius 3 is 2.95 bits per heavy atom. The quantitative estimate of drug-likeness (QED) is 0.888. The normalized spacial score (nSPS) is 18.8. The molecule has 0 amide bonds. The van der Waals surface area contributed by atoms with Crippen LogP contribution in [0.3, 0.4) is 0 Å². The number of nitrogens with one attached hydrogen (secondary N) is 2. The van der Waals surface area contributed by atoms with E-state index in [0.29, 0.717) is 12.1 Å². The molecule has 0 spiro atoms. The van der Waals surface area contributed by atoms with Crippen LogP contribution in [0.1, 0.15) is 31.5 Å². The maximum absolute atomic E-state index is 5.34. The van der Waals surface area contributed by atoms with E-state index in [9.17, 15) is 0 Å². The molecule has 3 heteroatoms. The zero-order chi connectivity index (χ0) is 13.4. The van der Waals surface area contributed by atoms with Gasteiger partial charge in [-0.1, -0.05) is 13.8 Å². The number of benzene rings is 1. The molecule has 3 rings (SSSR count). The monoisotopic (exact) mass is 258 g/mol. The van der Waals surface area contributed by atoms with Gasteiger partial charge < -0.3 is 15.0 Å². The highest BCUT2D eigenvalue weighted by Gasteiger charge is 2.22. The topological polar surface area (TPSA) is 37.0 Å². The molecule has 0 saturated heterocycles. The highest BCUT2D eigenvalue weighted by atomic mass is 16.5. The minimum Gasteiger partial charge on any atom is -0.497 e. The van der Waals surface area contributed by atoms with Crippen molar-refractivity contribution >= 4 is 10.9 Å². The summed E-state index contributed by atoms with van der Waals surface area (Å²) in [5.74, 6) is 0.938. The summed E-state index contributed by atoms with van der Waals surface area (Å²) in [7, 11) is 1.73. The van der Waals surface area contributed by atoms with Crippen molar-refractivity contribution < 1.29 is 4.74 Å². The molecule has 1 aromatic heterocycles. The molecule has 0 radical (unpaired) electrons. The van der Waals surface area contributed by atoms with Gasteiger partial charge in [-0.2, -0.15) is 0 Å². The first-order chi connectivity index (χ1) is 9.17. The van der Waals surface area contributed by atoms with Gasteiger partial charge in [0.1, 0.15) is 5.75 Å². The Morgan fingerprint density at radius 1 is 1.37 bits per heavy atom. The van der Waals surface area contributed by atoms with Gasteiger partial charge in [-0.3, -0.25) is 0 Å². The molecule has 0 bridgehead atoms. The summed E-state index contributed by atoms with van der Waals surface area (Å²) in [6.07, 6.45) is 3.46. The largest absolute Gasteiger partial charge is 0.497 e. The number of aromatic amines is 1. The van der Waals surface area contributed by atoms with Crippen LogP contribution in [0.2, 0.25) is 0 Å². The Kier molecular flexibility index (Phi) is 3.23. The maximum atomic E-state index is 5.34. The Morgan fingerprint density at radius 2 is 2.21 bits per heavy atom. The van der Waals surface area contributed by atoms with E-state index < -0.39 is 0 Å². The van der Waals surface area contributed by atoms with Crippen LogP contribution in [0.15, 0.2) is 18.2 Å². The Balaban J connectivity index is 1.97. The first kappa shape index (κ1) is 12.5. The molecule has 1 heterocycles. The van der Waals surface area contributed by atoms with Crippen LogP contribution in [0.5, 0.6) is 5.75 Å². The number of hydrogen-bond donors (Lipinski definition) is 2. The molecule has 0 saturated carbocycles. The fraction of sp³-hybridized carbons (Fsp3) is 0.500. The molecule has 19 heavy (non-hydrogen) atoms.